The van der Waals surface area contributed by atoms with E-state index < -0.39 is 10.1 Å². The van der Waals surface area contributed by atoms with Crippen LogP contribution in [0.15, 0.2) is 0 Å². The van der Waals surface area contributed by atoms with E-state index in [4.69, 9.17) is 4.55 Å². The third-order valence-electron chi connectivity index (χ3n) is 1.38. The number of nitrogens with one attached hydrogen (secondary N) is 1. The molecule has 0 bridgehead atoms. The van der Waals surface area contributed by atoms with Gasteiger partial charge >= 0.3 is 37.7 Å². The van der Waals surface area contributed by atoms with E-state index in [-0.39, 0.29) is 58.7 Å². The van der Waals surface area contributed by atoms with E-state index in [2.05, 4.69) is 5.32 Å². The Kier molecular flexibility index (Phi) is 10.8. The van der Waals surface area contributed by atoms with Crippen LogP contribution in [0.1, 0.15) is 29.0 Å². The molecule has 0 atom stereocenters. The van der Waals surface area contributed by atoms with Gasteiger partial charge in [-0.1, -0.05) is 6.92 Å². The van der Waals surface area contributed by atoms with Gasteiger partial charge in [-0.05, 0) is 12.8 Å². The molecule has 0 aliphatic carbocycles. The molecule has 0 aromatic rings. The van der Waals surface area contributed by atoms with E-state index in [0.29, 0.717) is 13.0 Å². The van der Waals surface area contributed by atoms with Gasteiger partial charge in [-0.3, -0.25) is 9.35 Å². The molecule has 0 saturated carbocycles. The van der Waals surface area contributed by atoms with Gasteiger partial charge in [0.1, 0.15) is 0 Å². The molecule has 0 aliphatic rings. The normalized spacial score (nSPS) is 10.4. The number of amides is 1. The van der Waals surface area contributed by atoms with E-state index >= 15 is 0 Å². The quantitative estimate of drug-likeness (QED) is 0.396. The number of hydrogen-bond acceptors (Lipinski definition) is 3. The van der Waals surface area contributed by atoms with E-state index in [1.165, 1.54) is 0 Å². The van der Waals surface area contributed by atoms with Gasteiger partial charge < -0.3 is 8.17 Å². The summed E-state index contributed by atoms with van der Waals surface area (Å²) in [6.45, 7) is 2.18. The van der Waals surface area contributed by atoms with Crippen LogP contribution in [0.3, 0.4) is 0 Å². The summed E-state index contributed by atoms with van der Waals surface area (Å²) in [4.78, 5) is 10.8. The van der Waals surface area contributed by atoms with E-state index in [1.807, 2.05) is 6.92 Å². The maximum Gasteiger partial charge on any atom is 2.00 e. The van der Waals surface area contributed by atoms with Gasteiger partial charge in [0, 0.05) is 13.0 Å². The van der Waals surface area contributed by atoms with Crippen molar-refractivity contribution >= 4 is 53.8 Å². The van der Waals surface area contributed by atoms with E-state index in [0.717, 1.165) is 6.42 Å². The maximum atomic E-state index is 10.8. The van der Waals surface area contributed by atoms with E-state index in [1.54, 1.807) is 0 Å². The Morgan fingerprint density at radius 3 is 2.50 bits per heavy atom. The second kappa shape index (κ2) is 8.91. The fourth-order valence-corrected chi connectivity index (χ4v) is 1.31. The molecule has 1 amide bonds. The van der Waals surface area contributed by atoms with Crippen molar-refractivity contribution < 1.29 is 20.6 Å². The van der Waals surface area contributed by atoms with Crippen LogP contribution < -0.4 is 5.32 Å². The molecule has 0 spiro atoms. The van der Waals surface area contributed by atoms with Crippen LogP contribution in [0.5, 0.6) is 0 Å². The summed E-state index contributed by atoms with van der Waals surface area (Å²) in [5.41, 5.74) is 0. The van der Waals surface area contributed by atoms with Crippen molar-refractivity contribution in [3.63, 3.8) is 0 Å². The number of hydrogen-bond donors (Lipinski definition) is 2. The summed E-state index contributed by atoms with van der Waals surface area (Å²) in [5, 5.41) is 2.54. The van der Waals surface area contributed by atoms with Crippen molar-refractivity contribution in [1.29, 1.82) is 0 Å². The molecule has 0 radical (unpaired) electrons. The number of rotatable bonds is 6. The summed E-state index contributed by atoms with van der Waals surface area (Å²) in [6, 6.07) is 0. The molecule has 5 nitrogen and oxygen atoms in total. The Labute approximate surface area is 117 Å². The summed E-state index contributed by atoms with van der Waals surface area (Å²) < 4.78 is 28.8. The van der Waals surface area contributed by atoms with Gasteiger partial charge in [0.05, 0.1) is 5.75 Å². The van der Waals surface area contributed by atoms with Crippen LogP contribution in [0.2, 0.25) is 0 Å². The van der Waals surface area contributed by atoms with Gasteiger partial charge in [-0.25, -0.2) is 0 Å². The molecule has 0 aromatic carbocycles. The Hall–Kier alpha value is 0.640. The van der Waals surface area contributed by atoms with Crippen LogP contribution in [-0.4, -0.2) is 68.9 Å². The predicted molar refractivity (Wildman–Crippen MR) is 56.9 cm³/mol. The van der Waals surface area contributed by atoms with Gasteiger partial charge in [-0.2, -0.15) is 8.42 Å². The molecule has 0 heterocycles. The van der Waals surface area contributed by atoms with Crippen molar-refractivity contribution in [2.75, 3.05) is 12.3 Å². The van der Waals surface area contributed by atoms with E-state index in [9.17, 15) is 13.2 Å². The van der Waals surface area contributed by atoms with Crippen LogP contribution in [0, 0.1) is 0 Å². The fourth-order valence-electron chi connectivity index (χ4n) is 0.798. The van der Waals surface area contributed by atoms with Gasteiger partial charge in [0.15, 0.2) is 0 Å². The molecule has 0 unspecified atom stereocenters. The zero-order valence-electron chi connectivity index (χ0n) is 10.3. The summed E-state index contributed by atoms with van der Waals surface area (Å²) in [6.07, 6.45) is 1.46. The molecule has 0 saturated heterocycles. The smallest absolute Gasteiger partial charge is 1.00 e. The van der Waals surface area contributed by atoms with Gasteiger partial charge in [-0.15, -0.1) is 0 Å². The minimum Gasteiger partial charge on any atom is -1.00 e. The number of carbonyl (C=O) groups is 1. The largest absolute Gasteiger partial charge is 2.00 e. The number of carbonyl (C=O) groups excluding carboxylic acids is 1. The van der Waals surface area contributed by atoms with Crippen molar-refractivity contribution in [2.45, 2.75) is 26.2 Å². The average Bonchev–Trinajstić information content (AvgIpc) is 1.97. The second-order valence-corrected chi connectivity index (χ2v) is 4.31. The molecular weight excluding hydrogens is 234 g/mol. The molecule has 82 valence electrons. The first-order chi connectivity index (χ1) is 5.95. The van der Waals surface area contributed by atoms with Crippen molar-refractivity contribution in [3.05, 3.63) is 0 Å². The Bertz CT molecular complexity index is 261. The first-order valence-corrected chi connectivity index (χ1v) is 5.78. The molecular formula is C7H17CaNO4S. The van der Waals surface area contributed by atoms with Gasteiger partial charge in [0.2, 0.25) is 5.91 Å². The third-order valence-corrected chi connectivity index (χ3v) is 2.18. The summed E-state index contributed by atoms with van der Waals surface area (Å²) in [5.74, 6) is -0.391. The SMILES string of the molecule is CCCC(=O)NCCCS(=O)(=O)O.[Ca+2].[H-].[H-]. The molecule has 14 heavy (non-hydrogen) atoms. The monoisotopic (exact) mass is 251 g/mol. The average molecular weight is 251 g/mol. The minimum absolute atomic E-state index is 0. The molecule has 0 aliphatic heterocycles. The molecule has 0 rings (SSSR count). The van der Waals surface area contributed by atoms with Crippen molar-refractivity contribution in [3.8, 4) is 0 Å². The van der Waals surface area contributed by atoms with Gasteiger partial charge in [0.25, 0.3) is 10.1 Å². The van der Waals surface area contributed by atoms with Crippen LogP contribution >= 0.6 is 0 Å². The summed E-state index contributed by atoms with van der Waals surface area (Å²) in [7, 11) is -3.89. The third kappa shape index (κ3) is 12.6. The van der Waals surface area contributed by atoms with Crippen molar-refractivity contribution in [2.24, 2.45) is 0 Å². The molecule has 2 N–H and O–H groups in total. The Morgan fingerprint density at radius 1 is 1.50 bits per heavy atom. The Morgan fingerprint density at radius 2 is 2.07 bits per heavy atom. The first kappa shape index (κ1) is 17.0. The predicted octanol–water partition coefficient (Wildman–Crippen LogP) is 0.0248. The first-order valence-electron chi connectivity index (χ1n) is 4.17. The second-order valence-electron chi connectivity index (χ2n) is 2.74. The zero-order valence-corrected chi connectivity index (χ0v) is 11.3. The van der Waals surface area contributed by atoms with Crippen molar-refractivity contribution in [1.82, 2.24) is 5.32 Å². The minimum atomic E-state index is -3.89. The molecule has 0 aromatic heterocycles. The van der Waals surface area contributed by atoms with Crippen LogP contribution in [-0.2, 0) is 14.9 Å². The fraction of sp³-hybridized carbons (Fsp3) is 0.857. The topological polar surface area (TPSA) is 83.5 Å². The standard InChI is InChI=1S/C7H15NO4S.Ca.2H/c1-2-4-7(9)8-5-3-6-13(10,11)12;;;/h2-6H2,1H3,(H,8,9)(H,10,11,12);;;/q;+2;2*-1. The molecule has 0 fully saturated rings. The summed E-state index contributed by atoms with van der Waals surface area (Å²) >= 11 is 0. The molecule has 7 heteroatoms. The zero-order chi connectivity index (χ0) is 10.3. The maximum absolute atomic E-state index is 10.8. The Balaban J connectivity index is -0.000000240. The van der Waals surface area contributed by atoms with Crippen LogP contribution in [0.4, 0.5) is 0 Å². The van der Waals surface area contributed by atoms with Crippen LogP contribution in [0.25, 0.3) is 0 Å².